The van der Waals surface area contributed by atoms with E-state index in [1.165, 1.54) is 16.8 Å². The van der Waals surface area contributed by atoms with Gasteiger partial charge in [0.05, 0.1) is 14.2 Å². The fourth-order valence-electron chi connectivity index (χ4n) is 2.96. The minimum Gasteiger partial charge on any atom is -0.493 e. The van der Waals surface area contributed by atoms with E-state index >= 15 is 0 Å². The fraction of sp³-hybridized carbons (Fsp3) is 0.435. The summed E-state index contributed by atoms with van der Waals surface area (Å²) in [5.41, 5.74) is 3.69. The number of halogens is 1. The lowest BCUT2D eigenvalue weighted by Gasteiger charge is -2.13. The fourth-order valence-corrected chi connectivity index (χ4v) is 2.96. The highest BCUT2D eigenvalue weighted by Crippen LogP contribution is 2.27. The smallest absolute Gasteiger partial charge is 0.191 e. The molecule has 0 unspecified atom stereocenters. The third-order valence-electron chi connectivity index (χ3n) is 4.62. The van der Waals surface area contributed by atoms with Crippen LogP contribution in [0.25, 0.3) is 0 Å². The van der Waals surface area contributed by atoms with Crippen molar-refractivity contribution >= 4 is 35.6 Å². The number of methoxy groups -OCH3 is 2. The van der Waals surface area contributed by atoms with Crippen LogP contribution in [-0.2, 0) is 12.8 Å². The zero-order valence-corrected chi connectivity index (χ0v) is 21.0. The van der Waals surface area contributed by atoms with Crippen LogP contribution in [0.1, 0.15) is 18.1 Å². The van der Waals surface area contributed by atoms with Crippen LogP contribution in [0, 0.1) is 0 Å². The van der Waals surface area contributed by atoms with Gasteiger partial charge in [0.25, 0.3) is 0 Å². The van der Waals surface area contributed by atoms with Crippen LogP contribution in [0.5, 0.6) is 11.5 Å². The summed E-state index contributed by atoms with van der Waals surface area (Å²) in [5, 5.41) is 6.71. The van der Waals surface area contributed by atoms with Crippen molar-refractivity contribution in [3.63, 3.8) is 0 Å². The molecule has 2 N–H and O–H groups in total. The molecular formula is C23H35IN4O2. The predicted molar refractivity (Wildman–Crippen MR) is 137 cm³/mol. The van der Waals surface area contributed by atoms with E-state index in [2.05, 4.69) is 66.9 Å². The van der Waals surface area contributed by atoms with Gasteiger partial charge >= 0.3 is 0 Å². The van der Waals surface area contributed by atoms with Crippen LogP contribution in [0.4, 0.5) is 5.69 Å². The maximum Gasteiger partial charge on any atom is 0.191 e. The van der Waals surface area contributed by atoms with Gasteiger partial charge in [-0.25, -0.2) is 0 Å². The minimum absolute atomic E-state index is 0. The predicted octanol–water partition coefficient (Wildman–Crippen LogP) is 3.73. The Morgan fingerprint density at radius 2 is 1.57 bits per heavy atom. The maximum absolute atomic E-state index is 5.37. The second-order valence-electron chi connectivity index (χ2n) is 6.94. The normalized spacial score (nSPS) is 10.8. The maximum atomic E-state index is 5.37. The topological polar surface area (TPSA) is 58.1 Å². The minimum atomic E-state index is 0. The van der Waals surface area contributed by atoms with E-state index in [9.17, 15) is 0 Å². The highest BCUT2D eigenvalue weighted by atomic mass is 127. The van der Waals surface area contributed by atoms with Gasteiger partial charge in [-0.05, 0) is 55.2 Å². The molecule has 2 aromatic rings. The van der Waals surface area contributed by atoms with Gasteiger partial charge in [-0.2, -0.15) is 0 Å². The number of nitrogens with one attached hydrogen (secondary N) is 2. The van der Waals surface area contributed by atoms with Crippen LogP contribution in [0.3, 0.4) is 0 Å². The molecule has 7 heteroatoms. The molecule has 30 heavy (non-hydrogen) atoms. The van der Waals surface area contributed by atoms with Crippen molar-refractivity contribution < 1.29 is 9.47 Å². The van der Waals surface area contributed by atoms with Crippen LogP contribution in [0.2, 0.25) is 0 Å². The number of hydrogen-bond acceptors (Lipinski definition) is 4. The highest BCUT2D eigenvalue weighted by molar-refractivity contribution is 14.0. The Balaban J connectivity index is 0.00000450. The van der Waals surface area contributed by atoms with E-state index in [1.54, 1.807) is 14.2 Å². The summed E-state index contributed by atoms with van der Waals surface area (Å²) in [5.74, 6) is 2.35. The molecule has 6 nitrogen and oxygen atoms in total. The van der Waals surface area contributed by atoms with Gasteiger partial charge in [0, 0.05) is 39.4 Å². The van der Waals surface area contributed by atoms with Crippen LogP contribution < -0.4 is 25.0 Å². The van der Waals surface area contributed by atoms with Crippen LogP contribution >= 0.6 is 24.0 Å². The van der Waals surface area contributed by atoms with Gasteiger partial charge in [0.2, 0.25) is 0 Å². The second-order valence-corrected chi connectivity index (χ2v) is 6.94. The summed E-state index contributed by atoms with van der Waals surface area (Å²) in [4.78, 5) is 6.80. The molecule has 0 saturated carbocycles. The van der Waals surface area contributed by atoms with Crippen molar-refractivity contribution in [1.82, 2.24) is 10.6 Å². The number of hydrogen-bond donors (Lipinski definition) is 2. The first-order valence-corrected chi connectivity index (χ1v) is 10.1. The Labute approximate surface area is 198 Å². The first-order valence-electron chi connectivity index (χ1n) is 10.1. The zero-order valence-electron chi connectivity index (χ0n) is 18.7. The molecule has 0 radical (unpaired) electrons. The number of guanidine groups is 1. The summed E-state index contributed by atoms with van der Waals surface area (Å²) >= 11 is 0. The van der Waals surface area contributed by atoms with E-state index < -0.39 is 0 Å². The number of benzene rings is 2. The molecule has 0 spiro atoms. The van der Waals surface area contributed by atoms with Gasteiger partial charge in [-0.1, -0.05) is 18.2 Å². The van der Waals surface area contributed by atoms with Gasteiger partial charge in [-0.3, -0.25) is 4.99 Å². The summed E-state index contributed by atoms with van der Waals surface area (Å²) in [6, 6.07) is 14.6. The first-order chi connectivity index (χ1) is 14.1. The number of ether oxygens (including phenoxy) is 2. The lowest BCUT2D eigenvalue weighted by atomic mass is 10.1. The third kappa shape index (κ3) is 8.30. The van der Waals surface area contributed by atoms with Crippen molar-refractivity contribution in [2.24, 2.45) is 4.99 Å². The van der Waals surface area contributed by atoms with Crippen LogP contribution in [-0.4, -0.2) is 53.9 Å². The Kier molecular flexibility index (Phi) is 12.0. The lowest BCUT2D eigenvalue weighted by Crippen LogP contribution is -2.38. The van der Waals surface area contributed by atoms with Gasteiger partial charge in [0.1, 0.15) is 0 Å². The van der Waals surface area contributed by atoms with Crippen LogP contribution in [0.15, 0.2) is 47.5 Å². The van der Waals surface area contributed by atoms with E-state index in [4.69, 9.17) is 14.5 Å². The SMILES string of the molecule is CCNC(=NCCc1ccc(N(C)C)cc1)NCCc1ccc(OC)c(OC)c1.I. The molecule has 0 bridgehead atoms. The average molecular weight is 526 g/mol. The molecule has 0 aliphatic rings. The Morgan fingerprint density at radius 1 is 0.900 bits per heavy atom. The van der Waals surface area contributed by atoms with Gasteiger partial charge in [0.15, 0.2) is 17.5 Å². The number of anilines is 1. The molecule has 0 fully saturated rings. The molecule has 0 amide bonds. The quantitative estimate of drug-likeness (QED) is 0.281. The van der Waals surface area contributed by atoms with Crippen molar-refractivity contribution in [2.45, 2.75) is 19.8 Å². The summed E-state index contributed by atoms with van der Waals surface area (Å²) < 4.78 is 10.7. The number of nitrogens with zero attached hydrogens (tertiary/aromatic N) is 2. The molecule has 0 aliphatic carbocycles. The molecule has 0 aromatic heterocycles. The molecule has 2 rings (SSSR count). The largest absolute Gasteiger partial charge is 0.493 e. The van der Waals surface area contributed by atoms with Gasteiger partial charge < -0.3 is 25.0 Å². The third-order valence-corrected chi connectivity index (χ3v) is 4.62. The van der Waals surface area contributed by atoms with E-state index in [0.29, 0.717) is 0 Å². The Hall–Kier alpha value is -2.16. The molecular weight excluding hydrogens is 491 g/mol. The van der Waals surface area contributed by atoms with Crippen molar-refractivity contribution in [3.8, 4) is 11.5 Å². The number of aliphatic imine (C=N–C) groups is 1. The van der Waals surface area contributed by atoms with E-state index in [0.717, 1.165) is 49.9 Å². The summed E-state index contributed by atoms with van der Waals surface area (Å²) in [6.07, 6.45) is 1.79. The summed E-state index contributed by atoms with van der Waals surface area (Å²) in [6.45, 7) is 4.44. The number of rotatable bonds is 10. The zero-order chi connectivity index (χ0) is 21.1. The average Bonchev–Trinajstić information content (AvgIpc) is 2.74. The van der Waals surface area contributed by atoms with Gasteiger partial charge in [-0.15, -0.1) is 24.0 Å². The molecule has 166 valence electrons. The lowest BCUT2D eigenvalue weighted by molar-refractivity contribution is 0.354. The van der Waals surface area contributed by atoms with Crippen molar-refractivity contribution in [2.75, 3.05) is 52.8 Å². The molecule has 0 atom stereocenters. The molecule has 0 saturated heterocycles. The highest BCUT2D eigenvalue weighted by Gasteiger charge is 2.05. The first kappa shape index (κ1) is 25.9. The Morgan fingerprint density at radius 3 is 2.17 bits per heavy atom. The molecule has 0 heterocycles. The molecule has 0 aliphatic heterocycles. The summed E-state index contributed by atoms with van der Waals surface area (Å²) in [7, 11) is 7.41. The standard InChI is InChI=1S/C23H34N4O2.HI/c1-6-24-23(25-15-13-18-7-10-20(11-8-18)27(2)3)26-16-14-19-9-12-21(28-4)22(17-19)29-5;/h7-12,17H,6,13-16H2,1-5H3,(H2,24,25,26);1H. The van der Waals surface area contributed by atoms with Crippen molar-refractivity contribution in [1.29, 1.82) is 0 Å². The van der Waals surface area contributed by atoms with E-state index in [1.807, 2.05) is 12.1 Å². The molecule has 2 aromatic carbocycles. The Bertz CT molecular complexity index is 779. The van der Waals surface area contributed by atoms with E-state index in [-0.39, 0.29) is 24.0 Å². The second kappa shape index (κ2) is 14.0. The van der Waals surface area contributed by atoms with Crippen molar-refractivity contribution in [3.05, 3.63) is 53.6 Å². The monoisotopic (exact) mass is 526 g/mol.